The summed E-state index contributed by atoms with van der Waals surface area (Å²) in [5.41, 5.74) is 2.67. The molecule has 0 bridgehead atoms. The van der Waals surface area contributed by atoms with Crippen LogP contribution in [0, 0.1) is 5.82 Å². The molecule has 1 atom stereocenters. The van der Waals surface area contributed by atoms with E-state index >= 15 is 0 Å². The molecule has 0 N–H and O–H groups in total. The van der Waals surface area contributed by atoms with Crippen LogP contribution < -0.4 is 4.90 Å². The van der Waals surface area contributed by atoms with Crippen molar-refractivity contribution in [3.05, 3.63) is 60.2 Å². The van der Waals surface area contributed by atoms with Crippen LogP contribution >= 0.6 is 0 Å². The molecule has 5 heterocycles. The molecule has 136 valence electrons. The van der Waals surface area contributed by atoms with E-state index < -0.39 is 5.82 Å². The number of anilines is 1. The molecule has 1 fully saturated rings. The second-order valence-corrected chi connectivity index (χ2v) is 6.96. The molecule has 5 rings (SSSR count). The molecule has 2 aliphatic rings. The van der Waals surface area contributed by atoms with E-state index in [4.69, 9.17) is 9.72 Å². The average Bonchev–Trinajstić information content (AvgIpc) is 3.14. The zero-order chi connectivity index (χ0) is 18.3. The lowest BCUT2D eigenvalue weighted by Gasteiger charge is -2.34. The lowest BCUT2D eigenvalue weighted by atomic mass is 9.80. The van der Waals surface area contributed by atoms with Gasteiger partial charge < -0.3 is 9.64 Å². The van der Waals surface area contributed by atoms with Gasteiger partial charge in [0.15, 0.2) is 11.6 Å². The van der Waals surface area contributed by atoms with Gasteiger partial charge in [-0.2, -0.15) is 0 Å². The summed E-state index contributed by atoms with van der Waals surface area (Å²) in [6.07, 6.45) is 8.60. The third kappa shape index (κ3) is 2.82. The monoisotopic (exact) mass is 364 g/mol. The molecular weight excluding hydrogens is 347 g/mol. The normalized spacial score (nSPS) is 21.4. The Kier molecular flexibility index (Phi) is 3.78. The van der Waals surface area contributed by atoms with Crippen molar-refractivity contribution in [2.75, 3.05) is 24.6 Å². The van der Waals surface area contributed by atoms with Crippen molar-refractivity contribution < 1.29 is 9.13 Å². The summed E-state index contributed by atoms with van der Waals surface area (Å²) in [6, 6.07) is 3.83. The first-order chi connectivity index (χ1) is 13.2. The van der Waals surface area contributed by atoms with Crippen LogP contribution in [0.25, 0.3) is 11.4 Å². The van der Waals surface area contributed by atoms with Crippen LogP contribution in [0.3, 0.4) is 0 Å². The highest BCUT2D eigenvalue weighted by Crippen LogP contribution is 2.40. The lowest BCUT2D eigenvalue weighted by molar-refractivity contribution is 0.0557. The Labute approximate surface area is 155 Å². The van der Waals surface area contributed by atoms with E-state index in [0.29, 0.717) is 31.5 Å². The fraction of sp³-hybridized carbons (Fsp3) is 0.316. The van der Waals surface area contributed by atoms with E-state index in [9.17, 15) is 4.39 Å². The van der Waals surface area contributed by atoms with Gasteiger partial charge in [0.2, 0.25) is 5.95 Å². The van der Waals surface area contributed by atoms with Crippen molar-refractivity contribution in [3.8, 4) is 11.4 Å². The molecule has 0 saturated carbocycles. The molecule has 1 saturated heterocycles. The van der Waals surface area contributed by atoms with E-state index in [1.807, 2.05) is 18.3 Å². The van der Waals surface area contributed by atoms with E-state index in [0.717, 1.165) is 29.8 Å². The first-order valence-electron chi connectivity index (χ1n) is 8.81. The second-order valence-electron chi connectivity index (χ2n) is 6.96. The summed E-state index contributed by atoms with van der Waals surface area (Å²) in [5.74, 6) is 0.759. The number of aromatic nitrogens is 5. The zero-order valence-corrected chi connectivity index (χ0v) is 14.5. The molecule has 0 aliphatic carbocycles. The van der Waals surface area contributed by atoms with Gasteiger partial charge in [0.05, 0.1) is 36.7 Å². The molecule has 3 aromatic rings. The van der Waals surface area contributed by atoms with E-state index in [1.54, 1.807) is 12.4 Å². The van der Waals surface area contributed by atoms with Gasteiger partial charge in [-0.15, -0.1) is 0 Å². The predicted octanol–water partition coefficient (Wildman–Crippen LogP) is 2.15. The number of pyridine rings is 1. The van der Waals surface area contributed by atoms with Gasteiger partial charge >= 0.3 is 0 Å². The Morgan fingerprint density at radius 2 is 2.00 bits per heavy atom. The van der Waals surface area contributed by atoms with Crippen molar-refractivity contribution in [3.63, 3.8) is 0 Å². The Balaban J connectivity index is 1.51. The van der Waals surface area contributed by atoms with Crippen LogP contribution in [0.5, 0.6) is 0 Å². The quantitative estimate of drug-likeness (QED) is 0.689. The number of rotatable bonds is 2. The van der Waals surface area contributed by atoms with Crippen LogP contribution in [0.1, 0.15) is 17.7 Å². The van der Waals surface area contributed by atoms with Gasteiger partial charge in [-0.1, -0.05) is 0 Å². The van der Waals surface area contributed by atoms with Crippen molar-refractivity contribution in [2.24, 2.45) is 0 Å². The molecule has 27 heavy (non-hydrogen) atoms. The Morgan fingerprint density at radius 3 is 2.81 bits per heavy atom. The van der Waals surface area contributed by atoms with E-state index in [1.165, 1.54) is 12.4 Å². The number of fused-ring (bicyclic) bond motifs is 2. The maximum absolute atomic E-state index is 13.1. The minimum Gasteiger partial charge on any atom is -0.376 e. The van der Waals surface area contributed by atoms with Crippen LogP contribution in [0.15, 0.2) is 43.1 Å². The van der Waals surface area contributed by atoms with Crippen LogP contribution in [0.2, 0.25) is 0 Å². The summed E-state index contributed by atoms with van der Waals surface area (Å²) in [5, 5.41) is 0. The van der Waals surface area contributed by atoms with Gasteiger partial charge in [-0.3, -0.25) is 4.98 Å². The maximum Gasteiger partial charge on any atom is 0.225 e. The minimum atomic E-state index is -0.437. The van der Waals surface area contributed by atoms with Gasteiger partial charge in [0, 0.05) is 42.8 Å². The average molecular weight is 364 g/mol. The fourth-order valence-electron chi connectivity index (χ4n) is 3.85. The predicted molar refractivity (Wildman–Crippen MR) is 95.4 cm³/mol. The van der Waals surface area contributed by atoms with Gasteiger partial charge in [-0.25, -0.2) is 24.3 Å². The highest BCUT2D eigenvalue weighted by atomic mass is 19.1. The Morgan fingerprint density at radius 1 is 1.11 bits per heavy atom. The summed E-state index contributed by atoms with van der Waals surface area (Å²) < 4.78 is 19.0. The zero-order valence-electron chi connectivity index (χ0n) is 14.5. The number of ether oxygens (including phenoxy) is 1. The van der Waals surface area contributed by atoms with E-state index in [-0.39, 0.29) is 5.41 Å². The van der Waals surface area contributed by atoms with Crippen LogP contribution in [-0.4, -0.2) is 44.6 Å². The van der Waals surface area contributed by atoms with Gasteiger partial charge in [0.25, 0.3) is 0 Å². The molecule has 8 heteroatoms. The van der Waals surface area contributed by atoms with Crippen molar-refractivity contribution in [2.45, 2.75) is 18.4 Å². The van der Waals surface area contributed by atoms with E-state index in [2.05, 4.69) is 24.8 Å². The summed E-state index contributed by atoms with van der Waals surface area (Å²) in [4.78, 5) is 23.8. The first-order valence-corrected chi connectivity index (χ1v) is 8.81. The summed E-state index contributed by atoms with van der Waals surface area (Å²) >= 11 is 0. The topological polar surface area (TPSA) is 76.9 Å². The number of nitrogens with zero attached hydrogens (tertiary/aromatic N) is 6. The lowest BCUT2D eigenvalue weighted by Crippen LogP contribution is -2.40. The second kappa shape index (κ2) is 6.31. The largest absolute Gasteiger partial charge is 0.376 e. The van der Waals surface area contributed by atoms with Gasteiger partial charge in [-0.05, 0) is 18.6 Å². The van der Waals surface area contributed by atoms with Crippen molar-refractivity contribution in [1.82, 2.24) is 24.9 Å². The molecule has 0 aromatic carbocycles. The number of hydrogen-bond acceptors (Lipinski definition) is 7. The first kappa shape index (κ1) is 16.2. The SMILES string of the molecule is Fc1cnc(N2CC[C@]3(COCc4cnc(-c5cccnc5)nc43)C2)nc1. The molecule has 0 unspecified atom stereocenters. The molecule has 7 nitrogen and oxygen atoms in total. The molecule has 2 aliphatic heterocycles. The molecule has 1 spiro atoms. The minimum absolute atomic E-state index is 0.245. The number of hydrogen-bond donors (Lipinski definition) is 0. The summed E-state index contributed by atoms with van der Waals surface area (Å²) in [7, 11) is 0. The fourth-order valence-corrected chi connectivity index (χ4v) is 3.85. The van der Waals surface area contributed by atoms with Crippen LogP contribution in [-0.2, 0) is 16.8 Å². The van der Waals surface area contributed by atoms with Gasteiger partial charge in [0.1, 0.15) is 0 Å². The third-order valence-corrected chi connectivity index (χ3v) is 5.17. The highest BCUT2D eigenvalue weighted by molar-refractivity contribution is 5.54. The molecule has 0 radical (unpaired) electrons. The smallest absolute Gasteiger partial charge is 0.225 e. The van der Waals surface area contributed by atoms with Crippen LogP contribution in [0.4, 0.5) is 10.3 Å². The van der Waals surface area contributed by atoms with Crippen molar-refractivity contribution in [1.29, 1.82) is 0 Å². The standard InChI is InChI=1S/C19H17FN6O/c20-15-8-23-18(24-9-15)26-5-3-19(11-26)12-27-10-14-7-22-17(25-16(14)19)13-2-1-4-21-6-13/h1-2,4,6-9H,3,5,10-12H2/t19-/m1/s1. The molecule has 0 amide bonds. The van der Waals surface area contributed by atoms with Crippen molar-refractivity contribution >= 4 is 5.95 Å². The highest BCUT2D eigenvalue weighted by Gasteiger charge is 2.45. The Bertz CT molecular complexity index is 968. The molecular formula is C19H17FN6O. The maximum atomic E-state index is 13.1. The third-order valence-electron chi connectivity index (χ3n) is 5.17. The number of halogens is 1. The molecule has 3 aromatic heterocycles. The summed E-state index contributed by atoms with van der Waals surface area (Å²) in [6.45, 7) is 2.54. The Hall–Kier alpha value is -3.00.